The summed E-state index contributed by atoms with van der Waals surface area (Å²) in [4.78, 5) is 36.0. The number of benzene rings is 1. The summed E-state index contributed by atoms with van der Waals surface area (Å²) in [6, 6.07) is 6.26. The number of carbonyl (C=O) groups excluding carboxylic acids is 2. The number of hydrogen-bond acceptors (Lipinski definition) is 3. The minimum absolute atomic E-state index is 0.0590. The number of carbonyl (C=O) groups is 3. The van der Waals surface area contributed by atoms with E-state index in [1.54, 1.807) is 17.0 Å². The summed E-state index contributed by atoms with van der Waals surface area (Å²) in [5, 5.41) is 14.5. The van der Waals surface area contributed by atoms with Crippen molar-refractivity contribution < 1.29 is 19.5 Å². The van der Waals surface area contributed by atoms with Crippen molar-refractivity contribution in [1.82, 2.24) is 15.5 Å². The van der Waals surface area contributed by atoms with Crippen molar-refractivity contribution in [1.29, 1.82) is 0 Å². The zero-order valence-electron chi connectivity index (χ0n) is 12.6. The van der Waals surface area contributed by atoms with Gasteiger partial charge in [0.2, 0.25) is 5.91 Å². The molecule has 2 aliphatic rings. The lowest BCUT2D eigenvalue weighted by Gasteiger charge is -2.39. The molecule has 0 aromatic heterocycles. The van der Waals surface area contributed by atoms with Gasteiger partial charge in [-0.25, -0.2) is 9.59 Å². The Hall–Kier alpha value is -2.57. The third-order valence-corrected chi connectivity index (χ3v) is 4.11. The van der Waals surface area contributed by atoms with Crippen molar-refractivity contribution >= 4 is 17.9 Å². The molecule has 122 valence electrons. The van der Waals surface area contributed by atoms with E-state index in [4.69, 9.17) is 5.11 Å². The first kappa shape index (κ1) is 15.3. The molecule has 0 radical (unpaired) electrons. The van der Waals surface area contributed by atoms with Gasteiger partial charge in [0, 0.05) is 25.6 Å². The Balaban J connectivity index is 1.38. The molecule has 7 nitrogen and oxygen atoms in total. The monoisotopic (exact) mass is 317 g/mol. The second-order valence-corrected chi connectivity index (χ2v) is 6.05. The number of carboxylic acid groups (broad SMARTS) is 1. The van der Waals surface area contributed by atoms with Gasteiger partial charge < -0.3 is 20.6 Å². The SMILES string of the molecule is O=C(O)c1ccc(CNC(=O)N2CC(NC(=O)C3CC3)C2)cc1. The Morgan fingerprint density at radius 3 is 2.35 bits per heavy atom. The van der Waals surface area contributed by atoms with Gasteiger partial charge in [0.05, 0.1) is 11.6 Å². The summed E-state index contributed by atoms with van der Waals surface area (Å²) >= 11 is 0. The molecule has 0 atom stereocenters. The van der Waals surface area contributed by atoms with Gasteiger partial charge in [-0.1, -0.05) is 12.1 Å². The van der Waals surface area contributed by atoms with Gasteiger partial charge in [-0.05, 0) is 30.5 Å². The molecule has 1 aliphatic carbocycles. The molecular weight excluding hydrogens is 298 g/mol. The van der Waals surface area contributed by atoms with Crippen LogP contribution >= 0.6 is 0 Å². The number of amides is 3. The number of carboxylic acids is 1. The van der Waals surface area contributed by atoms with Crippen molar-refractivity contribution in [3.05, 3.63) is 35.4 Å². The van der Waals surface area contributed by atoms with Gasteiger partial charge in [0.25, 0.3) is 0 Å². The van der Waals surface area contributed by atoms with Crippen LogP contribution in [-0.2, 0) is 11.3 Å². The van der Waals surface area contributed by atoms with Gasteiger partial charge in [-0.3, -0.25) is 4.79 Å². The minimum atomic E-state index is -0.972. The molecule has 23 heavy (non-hydrogen) atoms. The van der Waals surface area contributed by atoms with Crippen LogP contribution in [0.3, 0.4) is 0 Å². The molecule has 1 aliphatic heterocycles. The third-order valence-electron chi connectivity index (χ3n) is 4.11. The van der Waals surface area contributed by atoms with Gasteiger partial charge >= 0.3 is 12.0 Å². The van der Waals surface area contributed by atoms with Gasteiger partial charge in [-0.15, -0.1) is 0 Å². The van der Waals surface area contributed by atoms with Crippen LogP contribution in [0.25, 0.3) is 0 Å². The lowest BCUT2D eigenvalue weighted by Crippen LogP contribution is -2.63. The molecule has 3 amide bonds. The second-order valence-electron chi connectivity index (χ2n) is 6.05. The van der Waals surface area contributed by atoms with Gasteiger partial charge in [0.15, 0.2) is 0 Å². The topological polar surface area (TPSA) is 98.7 Å². The van der Waals surface area contributed by atoms with E-state index in [9.17, 15) is 14.4 Å². The fraction of sp³-hybridized carbons (Fsp3) is 0.438. The highest BCUT2D eigenvalue weighted by atomic mass is 16.4. The maximum Gasteiger partial charge on any atom is 0.335 e. The molecule has 1 aromatic carbocycles. The standard InChI is InChI=1S/C16H19N3O4/c20-14(11-5-6-11)18-13-8-19(9-13)16(23)17-7-10-1-3-12(4-2-10)15(21)22/h1-4,11,13H,5-9H2,(H,17,23)(H,18,20)(H,21,22). The first-order chi connectivity index (χ1) is 11.0. The largest absolute Gasteiger partial charge is 0.478 e. The highest BCUT2D eigenvalue weighted by Crippen LogP contribution is 2.29. The lowest BCUT2D eigenvalue weighted by molar-refractivity contribution is -0.123. The molecule has 0 spiro atoms. The first-order valence-corrected chi connectivity index (χ1v) is 7.68. The van der Waals surface area contributed by atoms with E-state index in [0.717, 1.165) is 18.4 Å². The summed E-state index contributed by atoms with van der Waals surface area (Å²) in [7, 11) is 0. The predicted molar refractivity (Wildman–Crippen MR) is 81.9 cm³/mol. The molecular formula is C16H19N3O4. The summed E-state index contributed by atoms with van der Waals surface area (Å²) in [6.07, 6.45) is 1.95. The molecule has 1 heterocycles. The fourth-order valence-corrected chi connectivity index (χ4v) is 2.45. The summed E-state index contributed by atoms with van der Waals surface area (Å²) in [6.45, 7) is 1.40. The van der Waals surface area contributed by atoms with Crippen LogP contribution in [0.4, 0.5) is 4.79 Å². The smallest absolute Gasteiger partial charge is 0.335 e. The predicted octanol–water partition coefficient (Wildman–Crippen LogP) is 0.805. The van der Waals surface area contributed by atoms with E-state index in [1.165, 1.54) is 12.1 Å². The van der Waals surface area contributed by atoms with Crippen molar-refractivity contribution in [2.75, 3.05) is 13.1 Å². The van der Waals surface area contributed by atoms with Crippen LogP contribution in [-0.4, -0.2) is 47.0 Å². The van der Waals surface area contributed by atoms with E-state index in [1.807, 2.05) is 0 Å². The molecule has 1 saturated heterocycles. The van der Waals surface area contributed by atoms with E-state index in [2.05, 4.69) is 10.6 Å². The van der Waals surface area contributed by atoms with Crippen molar-refractivity contribution in [2.45, 2.75) is 25.4 Å². The molecule has 1 saturated carbocycles. The Labute approximate surface area is 133 Å². The number of likely N-dealkylation sites (tertiary alicyclic amines) is 1. The van der Waals surface area contributed by atoms with E-state index < -0.39 is 5.97 Å². The molecule has 1 aromatic rings. The van der Waals surface area contributed by atoms with Crippen LogP contribution < -0.4 is 10.6 Å². The van der Waals surface area contributed by atoms with Crippen LogP contribution in [0.2, 0.25) is 0 Å². The Morgan fingerprint density at radius 1 is 1.13 bits per heavy atom. The average molecular weight is 317 g/mol. The summed E-state index contributed by atoms with van der Waals surface area (Å²) in [5.74, 6) is -0.680. The van der Waals surface area contributed by atoms with E-state index in [-0.39, 0.29) is 29.5 Å². The minimum Gasteiger partial charge on any atom is -0.478 e. The zero-order chi connectivity index (χ0) is 16.4. The normalized spacial score (nSPS) is 17.3. The second kappa shape index (κ2) is 6.28. The van der Waals surface area contributed by atoms with Gasteiger partial charge in [0.1, 0.15) is 0 Å². The number of aromatic carboxylic acids is 1. The maximum atomic E-state index is 12.0. The van der Waals surface area contributed by atoms with Crippen molar-refractivity contribution in [3.8, 4) is 0 Å². The lowest BCUT2D eigenvalue weighted by atomic mass is 10.1. The quantitative estimate of drug-likeness (QED) is 0.748. The first-order valence-electron chi connectivity index (χ1n) is 7.68. The molecule has 0 bridgehead atoms. The van der Waals surface area contributed by atoms with Crippen LogP contribution in [0.1, 0.15) is 28.8 Å². The number of rotatable bonds is 5. The maximum absolute atomic E-state index is 12.0. The molecule has 3 N–H and O–H groups in total. The molecule has 2 fully saturated rings. The fourth-order valence-electron chi connectivity index (χ4n) is 2.45. The third kappa shape index (κ3) is 3.80. The van der Waals surface area contributed by atoms with E-state index in [0.29, 0.717) is 19.6 Å². The van der Waals surface area contributed by atoms with Crippen LogP contribution in [0, 0.1) is 5.92 Å². The number of urea groups is 1. The molecule has 0 unspecified atom stereocenters. The van der Waals surface area contributed by atoms with Crippen LogP contribution in [0.15, 0.2) is 24.3 Å². The number of nitrogens with one attached hydrogen (secondary N) is 2. The Morgan fingerprint density at radius 2 is 1.78 bits per heavy atom. The zero-order valence-corrected chi connectivity index (χ0v) is 12.6. The average Bonchev–Trinajstić information content (AvgIpc) is 3.33. The summed E-state index contributed by atoms with van der Waals surface area (Å²) in [5.41, 5.74) is 1.06. The molecule has 3 rings (SSSR count). The van der Waals surface area contributed by atoms with Crippen molar-refractivity contribution in [3.63, 3.8) is 0 Å². The Bertz CT molecular complexity index is 619. The number of nitrogens with zero attached hydrogens (tertiary/aromatic N) is 1. The van der Waals surface area contributed by atoms with Crippen LogP contribution in [0.5, 0.6) is 0 Å². The highest BCUT2D eigenvalue weighted by Gasteiger charge is 2.36. The Kier molecular flexibility index (Phi) is 4.18. The van der Waals surface area contributed by atoms with Crippen molar-refractivity contribution in [2.24, 2.45) is 5.92 Å². The number of hydrogen-bond donors (Lipinski definition) is 3. The van der Waals surface area contributed by atoms with Gasteiger partial charge in [-0.2, -0.15) is 0 Å². The highest BCUT2D eigenvalue weighted by molar-refractivity contribution is 5.87. The summed E-state index contributed by atoms with van der Waals surface area (Å²) < 4.78 is 0. The molecule has 7 heteroatoms. The van der Waals surface area contributed by atoms with E-state index >= 15 is 0 Å².